The fourth-order valence-electron chi connectivity index (χ4n) is 4.76. The van der Waals surface area contributed by atoms with Gasteiger partial charge >= 0.3 is 0 Å². The molecule has 0 radical (unpaired) electrons. The molecule has 2 atom stereocenters. The van der Waals surface area contributed by atoms with Crippen molar-refractivity contribution in [3.63, 3.8) is 0 Å². The van der Waals surface area contributed by atoms with E-state index in [0.717, 1.165) is 41.2 Å². The summed E-state index contributed by atoms with van der Waals surface area (Å²) in [5.41, 5.74) is 2.54. The number of nitrogens with zero attached hydrogens (tertiary/aromatic N) is 2. The maximum atomic E-state index is 13.6. The maximum absolute atomic E-state index is 13.6. The molecule has 1 saturated heterocycles. The quantitative estimate of drug-likeness (QED) is 0.328. The molecular formula is C30H29FN2O2S. The van der Waals surface area contributed by atoms with Gasteiger partial charge in [0.2, 0.25) is 0 Å². The second kappa shape index (κ2) is 11.1. The van der Waals surface area contributed by atoms with E-state index in [9.17, 15) is 9.18 Å². The summed E-state index contributed by atoms with van der Waals surface area (Å²) in [4.78, 5) is 21.1. The molecule has 184 valence electrons. The van der Waals surface area contributed by atoms with Crippen molar-refractivity contribution in [1.29, 1.82) is 0 Å². The van der Waals surface area contributed by atoms with E-state index in [0.29, 0.717) is 23.2 Å². The molecule has 0 aromatic heterocycles. The lowest BCUT2D eigenvalue weighted by molar-refractivity contribution is -0.124. The van der Waals surface area contributed by atoms with Crippen LogP contribution in [-0.2, 0) is 11.4 Å². The first-order valence-electron chi connectivity index (χ1n) is 12.4. The molecule has 0 unspecified atom stereocenters. The summed E-state index contributed by atoms with van der Waals surface area (Å²) in [6.45, 7) is 2.53. The fourth-order valence-corrected chi connectivity index (χ4v) is 5.80. The second-order valence-electron chi connectivity index (χ2n) is 9.33. The number of ether oxygens (including phenoxy) is 1. The maximum Gasteiger partial charge on any atom is 0.267 e. The molecule has 0 spiro atoms. The molecule has 3 aromatic rings. The average Bonchev–Trinajstić information content (AvgIpc) is 3.18. The first kappa shape index (κ1) is 24.3. The Labute approximate surface area is 215 Å². The van der Waals surface area contributed by atoms with Gasteiger partial charge in [-0.15, -0.1) is 0 Å². The smallest absolute Gasteiger partial charge is 0.267 e. The summed E-state index contributed by atoms with van der Waals surface area (Å²) < 4.78 is 19.2. The number of thioether (sulfide) groups is 1. The van der Waals surface area contributed by atoms with Gasteiger partial charge < -0.3 is 4.74 Å². The van der Waals surface area contributed by atoms with Crippen LogP contribution in [0.5, 0.6) is 5.75 Å². The van der Waals surface area contributed by atoms with Crippen molar-refractivity contribution < 1.29 is 13.9 Å². The zero-order valence-electron chi connectivity index (χ0n) is 20.3. The van der Waals surface area contributed by atoms with E-state index in [2.05, 4.69) is 6.92 Å². The van der Waals surface area contributed by atoms with E-state index in [1.54, 1.807) is 6.07 Å². The third-order valence-corrected chi connectivity index (χ3v) is 7.67. The molecule has 0 N–H and O–H groups in total. The van der Waals surface area contributed by atoms with Crippen molar-refractivity contribution >= 4 is 34.6 Å². The minimum atomic E-state index is -0.274. The highest BCUT2D eigenvalue weighted by atomic mass is 32.2. The number of hydrogen-bond donors (Lipinski definition) is 0. The Morgan fingerprint density at radius 1 is 1.03 bits per heavy atom. The van der Waals surface area contributed by atoms with Gasteiger partial charge in [-0.25, -0.2) is 9.38 Å². The molecule has 1 amide bonds. The highest BCUT2D eigenvalue weighted by Crippen LogP contribution is 2.40. The molecule has 2 fully saturated rings. The zero-order valence-corrected chi connectivity index (χ0v) is 21.1. The van der Waals surface area contributed by atoms with Gasteiger partial charge in [-0.2, -0.15) is 0 Å². The number of para-hydroxylation sites is 1. The van der Waals surface area contributed by atoms with Gasteiger partial charge in [-0.3, -0.25) is 9.69 Å². The van der Waals surface area contributed by atoms with Crippen molar-refractivity contribution in [2.75, 3.05) is 0 Å². The number of hydrogen-bond acceptors (Lipinski definition) is 4. The SMILES string of the molecule is C[C@@H]1CCCC[C@@H]1N1C(=O)/C(=C/c2ccc(OCc3cccc(F)c3)cc2)SC1=Nc1ccccc1. The van der Waals surface area contributed by atoms with Crippen LogP contribution in [0.1, 0.15) is 43.7 Å². The summed E-state index contributed by atoms with van der Waals surface area (Å²) in [5.74, 6) is 0.887. The van der Waals surface area contributed by atoms with Crippen molar-refractivity contribution in [2.24, 2.45) is 10.9 Å². The Morgan fingerprint density at radius 2 is 1.81 bits per heavy atom. The van der Waals surface area contributed by atoms with Gasteiger partial charge in [0, 0.05) is 6.04 Å². The van der Waals surface area contributed by atoms with Crippen molar-refractivity contribution in [2.45, 2.75) is 45.3 Å². The lowest BCUT2D eigenvalue weighted by Gasteiger charge is -2.35. The normalized spacial score (nSPS) is 22.4. The Hall–Kier alpha value is -3.38. The highest BCUT2D eigenvalue weighted by Gasteiger charge is 2.41. The molecule has 0 bridgehead atoms. The van der Waals surface area contributed by atoms with Crippen LogP contribution in [0.15, 0.2) is 88.8 Å². The number of carbonyl (C=O) groups is 1. The van der Waals surface area contributed by atoms with Gasteiger partial charge in [0.1, 0.15) is 18.2 Å². The van der Waals surface area contributed by atoms with E-state index in [-0.39, 0.29) is 17.8 Å². The van der Waals surface area contributed by atoms with E-state index < -0.39 is 0 Å². The number of rotatable bonds is 6. The molecule has 1 aliphatic carbocycles. The summed E-state index contributed by atoms with van der Waals surface area (Å²) in [5, 5.41) is 0.756. The number of benzene rings is 3. The Morgan fingerprint density at radius 3 is 2.56 bits per heavy atom. The average molecular weight is 501 g/mol. The summed E-state index contributed by atoms with van der Waals surface area (Å²) in [6, 6.07) is 24.0. The molecular weight excluding hydrogens is 471 g/mol. The van der Waals surface area contributed by atoms with Crippen molar-refractivity contribution in [3.05, 3.63) is 101 Å². The van der Waals surface area contributed by atoms with Gasteiger partial charge in [0.15, 0.2) is 5.17 Å². The molecule has 36 heavy (non-hydrogen) atoms. The number of aliphatic imine (C=N–C) groups is 1. The molecule has 1 saturated carbocycles. The highest BCUT2D eigenvalue weighted by molar-refractivity contribution is 8.18. The minimum absolute atomic E-state index is 0.0276. The lowest BCUT2D eigenvalue weighted by Crippen LogP contribution is -2.44. The molecule has 5 rings (SSSR count). The van der Waals surface area contributed by atoms with Gasteiger partial charge in [0.05, 0.1) is 10.6 Å². The van der Waals surface area contributed by atoms with Crippen LogP contribution in [0.2, 0.25) is 0 Å². The number of amides is 1. The predicted octanol–water partition coefficient (Wildman–Crippen LogP) is 7.59. The lowest BCUT2D eigenvalue weighted by atomic mass is 9.85. The Bertz CT molecular complexity index is 1270. The Kier molecular flexibility index (Phi) is 7.52. The van der Waals surface area contributed by atoms with Crippen LogP contribution in [0.3, 0.4) is 0 Å². The second-order valence-corrected chi connectivity index (χ2v) is 10.3. The van der Waals surface area contributed by atoms with Crippen LogP contribution < -0.4 is 4.74 Å². The minimum Gasteiger partial charge on any atom is -0.489 e. The Balaban J connectivity index is 1.35. The van der Waals surface area contributed by atoms with Crippen LogP contribution >= 0.6 is 11.8 Å². The first-order chi connectivity index (χ1) is 17.6. The monoisotopic (exact) mass is 500 g/mol. The summed E-state index contributed by atoms with van der Waals surface area (Å²) in [6.07, 6.45) is 6.42. The van der Waals surface area contributed by atoms with Crippen molar-refractivity contribution in [3.8, 4) is 5.75 Å². The van der Waals surface area contributed by atoms with E-state index in [4.69, 9.17) is 9.73 Å². The molecule has 1 heterocycles. The van der Waals surface area contributed by atoms with E-state index >= 15 is 0 Å². The molecule has 2 aliphatic rings. The molecule has 6 heteroatoms. The largest absolute Gasteiger partial charge is 0.489 e. The molecule has 3 aromatic carbocycles. The fraction of sp³-hybridized carbons (Fsp3) is 0.267. The molecule has 1 aliphatic heterocycles. The van der Waals surface area contributed by atoms with Gasteiger partial charge in [-0.05, 0) is 84.1 Å². The van der Waals surface area contributed by atoms with E-state index in [1.165, 1.54) is 30.3 Å². The number of amidine groups is 1. The molecule has 4 nitrogen and oxygen atoms in total. The van der Waals surface area contributed by atoms with Crippen LogP contribution in [-0.4, -0.2) is 22.0 Å². The van der Waals surface area contributed by atoms with Crippen molar-refractivity contribution in [1.82, 2.24) is 4.90 Å². The summed E-state index contributed by atoms with van der Waals surface area (Å²) >= 11 is 1.45. The zero-order chi connectivity index (χ0) is 24.9. The standard InChI is InChI=1S/C30H29FN2O2S/c1-21-8-5-6-13-27(21)33-29(34)28(36-30(33)32-25-11-3-2-4-12-25)19-22-14-16-26(17-15-22)35-20-23-9-7-10-24(31)18-23/h2-4,7,9-12,14-19,21,27H,5-6,8,13,20H2,1H3/b28-19-,32-30?/t21-,27+/m1/s1. The topological polar surface area (TPSA) is 41.9 Å². The number of carbonyl (C=O) groups excluding carboxylic acids is 1. The third-order valence-electron chi connectivity index (χ3n) is 6.69. The summed E-state index contributed by atoms with van der Waals surface area (Å²) in [7, 11) is 0. The van der Waals surface area contributed by atoms with Crippen LogP contribution in [0.25, 0.3) is 6.08 Å². The van der Waals surface area contributed by atoms with Gasteiger partial charge in [-0.1, -0.05) is 62.2 Å². The van der Waals surface area contributed by atoms with E-state index in [1.807, 2.05) is 71.6 Å². The van der Waals surface area contributed by atoms with Crippen LogP contribution in [0, 0.1) is 11.7 Å². The predicted molar refractivity (Wildman–Crippen MR) is 145 cm³/mol. The van der Waals surface area contributed by atoms with Gasteiger partial charge in [0.25, 0.3) is 5.91 Å². The first-order valence-corrected chi connectivity index (χ1v) is 13.2. The van der Waals surface area contributed by atoms with Crippen LogP contribution in [0.4, 0.5) is 10.1 Å². The third kappa shape index (κ3) is 5.71. The number of halogens is 1.